The molecule has 1 aliphatic heterocycles. The van der Waals surface area contributed by atoms with E-state index in [0.29, 0.717) is 5.75 Å². The Balaban J connectivity index is 1.96. The number of hydrogen-bond acceptors (Lipinski definition) is 2. The molecule has 0 aliphatic carbocycles. The fraction of sp³-hybridized carbons (Fsp3) is 0.533. The van der Waals surface area contributed by atoms with Crippen LogP contribution in [0, 0.1) is 5.82 Å². The number of hydrogen-bond donors (Lipinski definition) is 0. The molecule has 1 amide bonds. The molecular formula is C15H20FNO2. The van der Waals surface area contributed by atoms with E-state index < -0.39 is 6.10 Å². The van der Waals surface area contributed by atoms with Crippen molar-refractivity contribution in [2.45, 2.75) is 45.3 Å². The highest BCUT2D eigenvalue weighted by Crippen LogP contribution is 2.19. The largest absolute Gasteiger partial charge is 0.481 e. The summed E-state index contributed by atoms with van der Waals surface area (Å²) in [6.45, 7) is 4.62. The van der Waals surface area contributed by atoms with E-state index in [1.165, 1.54) is 18.6 Å². The zero-order valence-electron chi connectivity index (χ0n) is 11.4. The van der Waals surface area contributed by atoms with Gasteiger partial charge in [0.2, 0.25) is 0 Å². The van der Waals surface area contributed by atoms with Crippen molar-refractivity contribution in [3.63, 3.8) is 0 Å². The van der Waals surface area contributed by atoms with Gasteiger partial charge in [0.05, 0.1) is 0 Å². The molecule has 1 aliphatic rings. The average molecular weight is 265 g/mol. The molecule has 1 saturated heterocycles. The second kappa shape index (κ2) is 6.04. The maximum Gasteiger partial charge on any atom is 0.263 e. The van der Waals surface area contributed by atoms with Gasteiger partial charge in [0.25, 0.3) is 5.91 Å². The third-order valence-corrected chi connectivity index (χ3v) is 3.56. The number of likely N-dealkylation sites (tertiary alicyclic amines) is 1. The highest BCUT2D eigenvalue weighted by atomic mass is 19.1. The lowest BCUT2D eigenvalue weighted by molar-refractivity contribution is -0.141. The van der Waals surface area contributed by atoms with Crippen LogP contribution in [0.5, 0.6) is 5.75 Å². The summed E-state index contributed by atoms with van der Waals surface area (Å²) in [5.41, 5.74) is 0. The number of carbonyl (C=O) groups is 1. The van der Waals surface area contributed by atoms with Crippen LogP contribution in [-0.4, -0.2) is 29.5 Å². The standard InChI is InChI=1S/C15H20FNO2/c1-11-5-3-4-10-17(11)15(18)12(2)19-14-8-6-13(16)7-9-14/h6-9,11-12H,3-5,10H2,1-2H3. The minimum absolute atomic E-state index is 0.0107. The van der Waals surface area contributed by atoms with Crippen LogP contribution < -0.4 is 4.74 Å². The SMILES string of the molecule is CC(Oc1ccc(F)cc1)C(=O)N1CCCCC1C. The molecule has 0 N–H and O–H groups in total. The molecule has 2 atom stereocenters. The van der Waals surface area contributed by atoms with E-state index in [0.717, 1.165) is 19.4 Å². The summed E-state index contributed by atoms with van der Waals surface area (Å²) in [5.74, 6) is 0.222. The third kappa shape index (κ3) is 3.46. The molecule has 0 radical (unpaired) electrons. The van der Waals surface area contributed by atoms with Crippen LogP contribution in [0.15, 0.2) is 24.3 Å². The molecule has 1 fully saturated rings. The third-order valence-electron chi connectivity index (χ3n) is 3.56. The summed E-state index contributed by atoms with van der Waals surface area (Å²) in [6.07, 6.45) is 2.75. The lowest BCUT2D eigenvalue weighted by Crippen LogP contribution is -2.47. The maximum atomic E-state index is 12.8. The van der Waals surface area contributed by atoms with Crippen molar-refractivity contribution in [1.82, 2.24) is 4.90 Å². The maximum absolute atomic E-state index is 12.8. The van der Waals surface area contributed by atoms with Gasteiger partial charge in [-0.25, -0.2) is 4.39 Å². The number of nitrogens with zero attached hydrogens (tertiary/aromatic N) is 1. The lowest BCUT2D eigenvalue weighted by Gasteiger charge is -2.35. The van der Waals surface area contributed by atoms with Gasteiger partial charge in [-0.1, -0.05) is 0 Å². The molecule has 1 aromatic rings. The molecule has 4 heteroatoms. The Kier molecular flexibility index (Phi) is 4.40. The van der Waals surface area contributed by atoms with Crippen molar-refractivity contribution in [2.24, 2.45) is 0 Å². The number of piperidine rings is 1. The molecule has 2 unspecified atom stereocenters. The molecule has 0 spiro atoms. The molecule has 1 heterocycles. The van der Waals surface area contributed by atoms with E-state index in [1.54, 1.807) is 19.1 Å². The smallest absolute Gasteiger partial charge is 0.263 e. The molecular weight excluding hydrogens is 245 g/mol. The van der Waals surface area contributed by atoms with Crippen molar-refractivity contribution >= 4 is 5.91 Å². The minimum atomic E-state index is -0.536. The number of carbonyl (C=O) groups excluding carboxylic acids is 1. The normalized spacial score (nSPS) is 21.0. The van der Waals surface area contributed by atoms with E-state index >= 15 is 0 Å². The van der Waals surface area contributed by atoms with Crippen LogP contribution >= 0.6 is 0 Å². The lowest BCUT2D eigenvalue weighted by atomic mass is 10.0. The molecule has 3 nitrogen and oxygen atoms in total. The topological polar surface area (TPSA) is 29.5 Å². The average Bonchev–Trinajstić information content (AvgIpc) is 2.41. The van der Waals surface area contributed by atoms with Crippen LogP contribution in [0.1, 0.15) is 33.1 Å². The summed E-state index contributed by atoms with van der Waals surface area (Å²) in [5, 5.41) is 0. The number of benzene rings is 1. The van der Waals surface area contributed by atoms with Gasteiger partial charge in [0.1, 0.15) is 11.6 Å². The van der Waals surface area contributed by atoms with Gasteiger partial charge in [0, 0.05) is 12.6 Å². The first kappa shape index (κ1) is 13.8. The van der Waals surface area contributed by atoms with Gasteiger partial charge in [-0.15, -0.1) is 0 Å². The minimum Gasteiger partial charge on any atom is -0.481 e. The Morgan fingerprint density at radius 2 is 2.05 bits per heavy atom. The highest BCUT2D eigenvalue weighted by Gasteiger charge is 2.27. The number of halogens is 1. The summed E-state index contributed by atoms with van der Waals surface area (Å²) in [7, 11) is 0. The monoisotopic (exact) mass is 265 g/mol. The van der Waals surface area contributed by atoms with Crippen molar-refractivity contribution in [3.8, 4) is 5.75 Å². The Hall–Kier alpha value is -1.58. The van der Waals surface area contributed by atoms with E-state index in [2.05, 4.69) is 6.92 Å². The Labute approximate surface area is 113 Å². The number of amides is 1. The first-order chi connectivity index (χ1) is 9.08. The van der Waals surface area contributed by atoms with E-state index in [-0.39, 0.29) is 17.8 Å². The summed E-state index contributed by atoms with van der Waals surface area (Å²) >= 11 is 0. The Morgan fingerprint density at radius 1 is 1.37 bits per heavy atom. The fourth-order valence-corrected chi connectivity index (χ4v) is 2.43. The molecule has 104 valence electrons. The van der Waals surface area contributed by atoms with Gasteiger partial charge >= 0.3 is 0 Å². The van der Waals surface area contributed by atoms with Crippen molar-refractivity contribution in [3.05, 3.63) is 30.1 Å². The second-order valence-corrected chi connectivity index (χ2v) is 5.09. The number of ether oxygens (including phenoxy) is 1. The highest BCUT2D eigenvalue weighted by molar-refractivity contribution is 5.81. The fourth-order valence-electron chi connectivity index (χ4n) is 2.43. The van der Waals surface area contributed by atoms with E-state index in [9.17, 15) is 9.18 Å². The van der Waals surface area contributed by atoms with E-state index in [1.807, 2.05) is 4.90 Å². The first-order valence-corrected chi connectivity index (χ1v) is 6.80. The zero-order valence-corrected chi connectivity index (χ0v) is 11.4. The molecule has 0 bridgehead atoms. The molecule has 0 saturated carbocycles. The van der Waals surface area contributed by atoms with Gasteiger partial charge in [-0.2, -0.15) is 0 Å². The van der Waals surface area contributed by atoms with Crippen molar-refractivity contribution < 1.29 is 13.9 Å². The second-order valence-electron chi connectivity index (χ2n) is 5.09. The van der Waals surface area contributed by atoms with Crippen LogP contribution in [0.4, 0.5) is 4.39 Å². The summed E-state index contributed by atoms with van der Waals surface area (Å²) < 4.78 is 18.4. The van der Waals surface area contributed by atoms with E-state index in [4.69, 9.17) is 4.74 Å². The van der Waals surface area contributed by atoms with Crippen LogP contribution in [0.25, 0.3) is 0 Å². The predicted octanol–water partition coefficient (Wildman–Crippen LogP) is 2.99. The Bertz CT molecular complexity index is 432. The summed E-state index contributed by atoms with van der Waals surface area (Å²) in [4.78, 5) is 14.2. The van der Waals surface area contributed by atoms with Crippen molar-refractivity contribution in [1.29, 1.82) is 0 Å². The summed E-state index contributed by atoms with van der Waals surface area (Å²) in [6, 6.07) is 6.02. The quantitative estimate of drug-likeness (QED) is 0.841. The van der Waals surface area contributed by atoms with Gasteiger partial charge in [-0.05, 0) is 57.4 Å². The van der Waals surface area contributed by atoms with Crippen molar-refractivity contribution in [2.75, 3.05) is 6.54 Å². The van der Waals surface area contributed by atoms with Gasteiger partial charge in [-0.3, -0.25) is 4.79 Å². The van der Waals surface area contributed by atoms with Gasteiger partial charge < -0.3 is 9.64 Å². The Morgan fingerprint density at radius 3 is 2.68 bits per heavy atom. The molecule has 19 heavy (non-hydrogen) atoms. The van der Waals surface area contributed by atoms with Crippen LogP contribution in [0.2, 0.25) is 0 Å². The van der Waals surface area contributed by atoms with Gasteiger partial charge in [0.15, 0.2) is 6.10 Å². The van der Waals surface area contributed by atoms with Crippen LogP contribution in [0.3, 0.4) is 0 Å². The molecule has 2 rings (SSSR count). The number of rotatable bonds is 3. The van der Waals surface area contributed by atoms with Crippen LogP contribution in [-0.2, 0) is 4.79 Å². The molecule has 0 aromatic heterocycles. The predicted molar refractivity (Wildman–Crippen MR) is 71.5 cm³/mol. The first-order valence-electron chi connectivity index (χ1n) is 6.80. The zero-order chi connectivity index (χ0) is 13.8. The molecule has 1 aromatic carbocycles.